The molecule has 0 aliphatic rings. The number of anilines is 1. The molecule has 0 aliphatic heterocycles. The molecule has 0 amide bonds. The summed E-state index contributed by atoms with van der Waals surface area (Å²) in [5, 5.41) is 0. The van der Waals surface area contributed by atoms with E-state index in [9.17, 15) is 0 Å². The highest BCUT2D eigenvalue weighted by molar-refractivity contribution is 5.44. The lowest BCUT2D eigenvalue weighted by atomic mass is 10.3. The maximum atomic E-state index is 3.78. The third-order valence-corrected chi connectivity index (χ3v) is 2.30. The van der Waals surface area contributed by atoms with E-state index in [0.717, 1.165) is 13.1 Å². The van der Waals surface area contributed by atoms with Crippen LogP contribution < -0.4 is 4.90 Å². The highest BCUT2D eigenvalue weighted by Gasteiger charge is 1.97. The minimum atomic E-state index is 0.875. The molecule has 0 spiro atoms. The van der Waals surface area contributed by atoms with Gasteiger partial charge in [-0.25, -0.2) is 0 Å². The molecule has 0 saturated heterocycles. The van der Waals surface area contributed by atoms with Crippen molar-refractivity contribution >= 4 is 5.69 Å². The van der Waals surface area contributed by atoms with Crippen molar-refractivity contribution in [2.24, 2.45) is 0 Å². The summed E-state index contributed by atoms with van der Waals surface area (Å²) >= 11 is 0. The molecule has 0 unspecified atom stereocenters. The first kappa shape index (κ1) is 12.3. The standard InChI is InChI=1S/C15H19N/c1-3-14-16(4-2)15-12-10-8-6-5-7-9-11-13-15/h3,5-13H,1,4,14H2,2H3. The van der Waals surface area contributed by atoms with E-state index in [1.54, 1.807) is 0 Å². The predicted octanol–water partition coefficient (Wildman–Crippen LogP) is 3.82. The van der Waals surface area contributed by atoms with Gasteiger partial charge in [0.1, 0.15) is 0 Å². The fraction of sp³-hybridized carbons (Fsp3) is 0.200. The fourth-order valence-corrected chi connectivity index (χ4v) is 1.47. The molecule has 0 aromatic heterocycles. The second-order valence-electron chi connectivity index (χ2n) is 3.43. The van der Waals surface area contributed by atoms with E-state index in [1.807, 2.05) is 36.4 Å². The molecule has 0 aliphatic carbocycles. The largest absolute Gasteiger partial charge is 0.368 e. The van der Waals surface area contributed by atoms with Crippen molar-refractivity contribution in [3.05, 3.63) is 67.3 Å². The number of hydrogen-bond acceptors (Lipinski definition) is 1. The molecule has 84 valence electrons. The predicted molar refractivity (Wildman–Crippen MR) is 72.2 cm³/mol. The van der Waals surface area contributed by atoms with Gasteiger partial charge in [0.2, 0.25) is 0 Å². The Morgan fingerprint density at radius 3 is 1.94 bits per heavy atom. The maximum absolute atomic E-state index is 3.78. The minimum Gasteiger partial charge on any atom is -0.368 e. The Labute approximate surface area is 98.4 Å². The van der Waals surface area contributed by atoms with Gasteiger partial charge in [-0.1, -0.05) is 48.5 Å². The molecular weight excluding hydrogens is 194 g/mol. The summed E-state index contributed by atoms with van der Waals surface area (Å²) in [4.78, 5) is 2.27. The molecule has 0 atom stereocenters. The Kier molecular flexibility index (Phi) is 5.79. The monoisotopic (exact) mass is 213 g/mol. The van der Waals surface area contributed by atoms with Crippen molar-refractivity contribution in [3.8, 4) is 0 Å². The van der Waals surface area contributed by atoms with Crippen LogP contribution in [0.15, 0.2) is 67.3 Å². The fourth-order valence-electron chi connectivity index (χ4n) is 1.47. The van der Waals surface area contributed by atoms with Crippen molar-refractivity contribution in [3.63, 3.8) is 0 Å². The molecule has 1 nitrogen and oxygen atoms in total. The summed E-state index contributed by atoms with van der Waals surface area (Å²) in [6.07, 6.45) is 1.93. The lowest BCUT2D eigenvalue weighted by molar-refractivity contribution is 0.908. The second-order valence-corrected chi connectivity index (χ2v) is 3.43. The van der Waals surface area contributed by atoms with Gasteiger partial charge in [0.25, 0.3) is 0 Å². The summed E-state index contributed by atoms with van der Waals surface area (Å²) in [6, 6.07) is 18.5. The number of hydrogen-bond donors (Lipinski definition) is 0. The van der Waals surface area contributed by atoms with Crippen LogP contribution in [0.5, 0.6) is 0 Å². The molecule has 1 rings (SSSR count). The third kappa shape index (κ3) is 4.18. The lowest BCUT2D eigenvalue weighted by Gasteiger charge is -2.20. The first-order valence-electron chi connectivity index (χ1n) is 5.62. The average Bonchev–Trinajstić information content (AvgIpc) is 2.33. The molecule has 0 fully saturated rings. The van der Waals surface area contributed by atoms with E-state index < -0.39 is 0 Å². The first-order chi connectivity index (χ1) is 7.88. The normalized spacial score (nSPS) is 9.06. The van der Waals surface area contributed by atoms with Gasteiger partial charge < -0.3 is 4.90 Å². The Morgan fingerprint density at radius 1 is 1.00 bits per heavy atom. The van der Waals surface area contributed by atoms with Crippen LogP contribution in [0.2, 0.25) is 0 Å². The van der Waals surface area contributed by atoms with E-state index >= 15 is 0 Å². The quantitative estimate of drug-likeness (QED) is 0.687. The molecule has 16 heavy (non-hydrogen) atoms. The van der Waals surface area contributed by atoms with Crippen LogP contribution in [-0.4, -0.2) is 13.1 Å². The molecular formula is C15H19N. The van der Waals surface area contributed by atoms with Crippen molar-refractivity contribution in [1.82, 2.24) is 0 Å². The van der Waals surface area contributed by atoms with Crippen LogP contribution in [-0.2, 0) is 0 Å². The molecule has 0 saturated carbocycles. The summed E-state index contributed by atoms with van der Waals surface area (Å²) in [6.45, 7) is 7.79. The molecule has 0 heterocycles. The highest BCUT2D eigenvalue weighted by Crippen LogP contribution is 2.10. The van der Waals surface area contributed by atoms with Gasteiger partial charge in [0.15, 0.2) is 0 Å². The number of nitrogens with zero attached hydrogens (tertiary/aromatic N) is 1. The first-order valence-corrected chi connectivity index (χ1v) is 5.62. The van der Waals surface area contributed by atoms with Crippen LogP contribution in [0.3, 0.4) is 0 Å². The molecule has 0 bridgehead atoms. The van der Waals surface area contributed by atoms with Gasteiger partial charge in [-0.15, -0.1) is 6.58 Å². The third-order valence-electron chi connectivity index (χ3n) is 2.30. The van der Waals surface area contributed by atoms with Gasteiger partial charge in [-0.2, -0.15) is 0 Å². The van der Waals surface area contributed by atoms with E-state index in [1.165, 1.54) is 5.69 Å². The second kappa shape index (κ2) is 7.52. The van der Waals surface area contributed by atoms with E-state index in [2.05, 4.69) is 42.7 Å². The lowest BCUT2D eigenvalue weighted by Crippen LogP contribution is -2.21. The molecule has 0 radical (unpaired) electrons. The molecule has 1 heteroatoms. The maximum Gasteiger partial charge on any atom is 0.0368 e. The summed E-state index contributed by atoms with van der Waals surface area (Å²) in [5.74, 6) is 0. The van der Waals surface area contributed by atoms with Crippen LogP contribution in [0.4, 0.5) is 5.69 Å². The smallest absolute Gasteiger partial charge is 0.0368 e. The zero-order valence-corrected chi connectivity index (χ0v) is 9.84. The summed E-state index contributed by atoms with van der Waals surface area (Å²) < 4.78 is 0. The van der Waals surface area contributed by atoms with Crippen molar-refractivity contribution in [1.29, 1.82) is 0 Å². The topological polar surface area (TPSA) is 3.24 Å². The van der Waals surface area contributed by atoms with Gasteiger partial charge in [-0.05, 0) is 19.1 Å². The molecule has 0 N–H and O–H groups in total. The Morgan fingerprint density at radius 2 is 1.50 bits per heavy atom. The van der Waals surface area contributed by atoms with Gasteiger partial charge in [-0.3, -0.25) is 0 Å². The Bertz CT molecular complexity index is 345. The van der Waals surface area contributed by atoms with Gasteiger partial charge in [0, 0.05) is 18.8 Å². The Balaban J connectivity index is 3.06. The van der Waals surface area contributed by atoms with Crippen LogP contribution >= 0.6 is 0 Å². The van der Waals surface area contributed by atoms with Crippen LogP contribution in [0.25, 0.3) is 0 Å². The number of rotatable bonds is 4. The zero-order valence-electron chi connectivity index (χ0n) is 9.84. The van der Waals surface area contributed by atoms with Gasteiger partial charge >= 0.3 is 0 Å². The van der Waals surface area contributed by atoms with Crippen molar-refractivity contribution in [2.75, 3.05) is 18.0 Å². The van der Waals surface area contributed by atoms with E-state index in [4.69, 9.17) is 0 Å². The summed E-state index contributed by atoms with van der Waals surface area (Å²) in [5.41, 5.74) is 1.21. The molecule has 1 aromatic rings. The van der Waals surface area contributed by atoms with Gasteiger partial charge in [0.05, 0.1) is 0 Å². The zero-order chi connectivity index (χ0) is 11.6. The van der Waals surface area contributed by atoms with E-state index in [-0.39, 0.29) is 0 Å². The highest BCUT2D eigenvalue weighted by atomic mass is 15.1. The van der Waals surface area contributed by atoms with Crippen LogP contribution in [0, 0.1) is 0 Å². The average molecular weight is 213 g/mol. The van der Waals surface area contributed by atoms with Crippen molar-refractivity contribution in [2.45, 2.75) is 6.92 Å². The van der Waals surface area contributed by atoms with Crippen molar-refractivity contribution < 1.29 is 0 Å². The van der Waals surface area contributed by atoms with Crippen LogP contribution in [0.1, 0.15) is 6.92 Å². The number of likely N-dealkylation sites (N-methyl/N-ethyl adjacent to an activating group) is 1. The summed E-state index contributed by atoms with van der Waals surface area (Å²) in [7, 11) is 0. The Hall–Kier alpha value is -1.76. The molecule has 1 aromatic carbocycles. The van der Waals surface area contributed by atoms with E-state index in [0.29, 0.717) is 0 Å². The minimum absolute atomic E-state index is 0.875. The SMILES string of the molecule is C=CCN(CC)c1ccccccccc1.